The van der Waals surface area contributed by atoms with Gasteiger partial charge in [0.25, 0.3) is 10.0 Å². The second kappa shape index (κ2) is 14.3. The Morgan fingerprint density at radius 2 is 1.56 bits per heavy atom. The van der Waals surface area contributed by atoms with Crippen LogP contribution < -0.4 is 14.4 Å². The molecule has 0 aliphatic rings. The zero-order chi connectivity index (χ0) is 30.3. The first-order chi connectivity index (χ1) is 19.3. The molecule has 0 saturated heterocycles. The molecule has 41 heavy (non-hydrogen) atoms. The minimum Gasteiger partial charge on any atom is -0.492 e. The second-order valence-electron chi connectivity index (χ2n) is 9.46. The fraction of sp³-hybridized carbons (Fsp3) is 0.310. The van der Waals surface area contributed by atoms with E-state index in [2.05, 4.69) is 5.32 Å². The Hall–Kier alpha value is -2.98. The first-order valence-electron chi connectivity index (χ1n) is 12.9. The predicted molar refractivity (Wildman–Crippen MR) is 163 cm³/mol. The van der Waals surface area contributed by atoms with E-state index >= 15 is 0 Å². The van der Waals surface area contributed by atoms with Gasteiger partial charge in [-0.25, -0.2) is 8.42 Å². The third-order valence-electron chi connectivity index (χ3n) is 6.07. The van der Waals surface area contributed by atoms with E-state index in [4.69, 9.17) is 39.5 Å². The van der Waals surface area contributed by atoms with E-state index in [0.717, 1.165) is 4.31 Å². The van der Waals surface area contributed by atoms with Gasteiger partial charge >= 0.3 is 0 Å². The van der Waals surface area contributed by atoms with Crippen molar-refractivity contribution in [1.29, 1.82) is 0 Å². The number of ether oxygens (including phenoxy) is 1. The number of benzene rings is 3. The quantitative estimate of drug-likeness (QED) is 0.255. The molecule has 0 unspecified atom stereocenters. The summed E-state index contributed by atoms with van der Waals surface area (Å²) >= 11 is 18.5. The maximum Gasteiger partial charge on any atom is 0.264 e. The number of rotatable bonds is 12. The molecule has 3 aromatic carbocycles. The lowest BCUT2D eigenvalue weighted by atomic mass is 10.1. The molecular formula is C29H32Cl3N3O5S. The zero-order valence-corrected chi connectivity index (χ0v) is 26.2. The summed E-state index contributed by atoms with van der Waals surface area (Å²) in [5, 5.41) is 3.88. The molecule has 0 radical (unpaired) electrons. The van der Waals surface area contributed by atoms with Crippen LogP contribution in [0.5, 0.6) is 5.75 Å². The lowest BCUT2D eigenvalue weighted by Gasteiger charge is -2.33. The van der Waals surface area contributed by atoms with E-state index in [1.807, 2.05) is 0 Å². The Kier molecular flexibility index (Phi) is 11.3. The Labute approximate surface area is 256 Å². The van der Waals surface area contributed by atoms with Crippen LogP contribution in [-0.4, -0.2) is 50.4 Å². The Morgan fingerprint density at radius 3 is 2.17 bits per heavy atom. The van der Waals surface area contributed by atoms with Crippen molar-refractivity contribution in [3.8, 4) is 5.75 Å². The zero-order valence-electron chi connectivity index (χ0n) is 23.1. The summed E-state index contributed by atoms with van der Waals surface area (Å²) in [5.74, 6) is -0.759. The summed E-state index contributed by atoms with van der Waals surface area (Å²) in [6, 6.07) is 15.8. The van der Waals surface area contributed by atoms with E-state index in [9.17, 15) is 18.0 Å². The molecular weight excluding hydrogens is 609 g/mol. The van der Waals surface area contributed by atoms with Crippen LogP contribution in [0.4, 0.5) is 5.69 Å². The van der Waals surface area contributed by atoms with Crippen molar-refractivity contribution in [2.24, 2.45) is 0 Å². The molecule has 8 nitrogen and oxygen atoms in total. The molecule has 0 aliphatic carbocycles. The average molecular weight is 641 g/mol. The summed E-state index contributed by atoms with van der Waals surface area (Å²) in [5.41, 5.74) is 0.705. The number of carbonyl (C=O) groups excluding carboxylic acids is 2. The van der Waals surface area contributed by atoms with Crippen LogP contribution in [0.1, 0.15) is 33.3 Å². The van der Waals surface area contributed by atoms with Crippen LogP contribution in [0.25, 0.3) is 0 Å². The number of nitrogens with one attached hydrogen (secondary N) is 1. The standard InChI is InChI=1S/C29H32Cl3N3O5S/c1-5-40-27-9-7-6-8-26(27)35(41(38,39)24-14-12-22(30)13-15-24)18-28(36)34(20(4)29(37)33-19(2)3)17-21-10-11-23(31)16-25(21)32/h6-16,19-20H,5,17-18H2,1-4H3,(H,33,37)/t20-/m0/s1. The van der Waals surface area contributed by atoms with Crippen LogP contribution in [0, 0.1) is 0 Å². The molecule has 1 N–H and O–H groups in total. The maximum absolute atomic E-state index is 14.1. The molecule has 0 bridgehead atoms. The Morgan fingerprint density at radius 1 is 0.927 bits per heavy atom. The van der Waals surface area contributed by atoms with Crippen molar-refractivity contribution in [2.75, 3.05) is 17.5 Å². The lowest BCUT2D eigenvalue weighted by molar-refractivity contribution is -0.139. The van der Waals surface area contributed by atoms with E-state index in [1.54, 1.807) is 64.1 Å². The van der Waals surface area contributed by atoms with Crippen molar-refractivity contribution < 1.29 is 22.7 Å². The highest BCUT2D eigenvalue weighted by Gasteiger charge is 2.34. The number of carbonyl (C=O) groups is 2. The fourth-order valence-corrected chi connectivity index (χ4v) is 6.03. The van der Waals surface area contributed by atoms with E-state index in [-0.39, 0.29) is 35.5 Å². The molecule has 0 aliphatic heterocycles. The second-order valence-corrected chi connectivity index (χ2v) is 12.6. The first kappa shape index (κ1) is 32.5. The molecule has 12 heteroatoms. The highest BCUT2D eigenvalue weighted by molar-refractivity contribution is 7.92. The highest BCUT2D eigenvalue weighted by atomic mass is 35.5. The monoisotopic (exact) mass is 639 g/mol. The number of anilines is 1. The van der Waals surface area contributed by atoms with E-state index < -0.39 is 34.4 Å². The molecule has 0 spiro atoms. The molecule has 220 valence electrons. The molecule has 2 amide bonds. The van der Waals surface area contributed by atoms with Crippen molar-refractivity contribution in [1.82, 2.24) is 10.2 Å². The van der Waals surface area contributed by atoms with Gasteiger partial charge in [0.2, 0.25) is 11.8 Å². The third kappa shape index (κ3) is 8.29. The van der Waals surface area contributed by atoms with Crippen LogP contribution >= 0.6 is 34.8 Å². The van der Waals surface area contributed by atoms with Gasteiger partial charge in [-0.3, -0.25) is 13.9 Å². The van der Waals surface area contributed by atoms with Gasteiger partial charge in [0.1, 0.15) is 18.3 Å². The Bertz CT molecular complexity index is 1480. The number of sulfonamides is 1. The number of hydrogen-bond donors (Lipinski definition) is 1. The summed E-state index contributed by atoms with van der Waals surface area (Å²) in [4.78, 5) is 28.3. The van der Waals surface area contributed by atoms with Crippen LogP contribution in [-0.2, 0) is 26.2 Å². The Balaban J connectivity index is 2.10. The molecule has 0 fully saturated rings. The van der Waals surface area contributed by atoms with Gasteiger partial charge in [-0.15, -0.1) is 0 Å². The molecule has 0 heterocycles. The maximum atomic E-state index is 14.1. The van der Waals surface area contributed by atoms with Gasteiger partial charge in [0.15, 0.2) is 0 Å². The normalized spacial score (nSPS) is 12.1. The summed E-state index contributed by atoms with van der Waals surface area (Å²) in [6.45, 7) is 6.53. The number of halogens is 3. The van der Waals surface area contributed by atoms with Gasteiger partial charge in [0.05, 0.1) is 17.2 Å². The van der Waals surface area contributed by atoms with Crippen LogP contribution in [0.2, 0.25) is 15.1 Å². The molecule has 0 aromatic heterocycles. The van der Waals surface area contributed by atoms with Crippen LogP contribution in [0.3, 0.4) is 0 Å². The van der Waals surface area contributed by atoms with Crippen LogP contribution in [0.15, 0.2) is 71.6 Å². The van der Waals surface area contributed by atoms with Gasteiger partial charge in [-0.05, 0) is 81.8 Å². The summed E-state index contributed by atoms with van der Waals surface area (Å²) < 4.78 is 34.7. The van der Waals surface area contributed by atoms with Crippen molar-refractivity contribution in [3.63, 3.8) is 0 Å². The van der Waals surface area contributed by atoms with Crippen molar-refractivity contribution in [2.45, 2.75) is 51.2 Å². The van der Waals surface area contributed by atoms with Gasteiger partial charge in [-0.1, -0.05) is 53.0 Å². The van der Waals surface area contributed by atoms with E-state index in [0.29, 0.717) is 20.6 Å². The third-order valence-corrected chi connectivity index (χ3v) is 8.68. The SMILES string of the molecule is CCOc1ccccc1N(CC(=O)N(Cc1ccc(Cl)cc1Cl)[C@@H](C)C(=O)NC(C)C)S(=O)(=O)c1ccc(Cl)cc1. The largest absolute Gasteiger partial charge is 0.492 e. The first-order valence-corrected chi connectivity index (χ1v) is 15.5. The molecule has 1 atom stereocenters. The number of nitrogens with zero attached hydrogens (tertiary/aromatic N) is 2. The van der Waals surface area contributed by atoms with Gasteiger partial charge in [0, 0.05) is 27.7 Å². The van der Waals surface area contributed by atoms with E-state index in [1.165, 1.54) is 35.2 Å². The smallest absolute Gasteiger partial charge is 0.264 e. The fourth-order valence-electron chi connectivity index (χ4n) is 4.01. The minimum absolute atomic E-state index is 0.0660. The van der Waals surface area contributed by atoms with Crippen molar-refractivity contribution >= 4 is 62.3 Å². The number of hydrogen-bond acceptors (Lipinski definition) is 5. The van der Waals surface area contributed by atoms with Gasteiger partial charge < -0.3 is 15.0 Å². The highest BCUT2D eigenvalue weighted by Crippen LogP contribution is 2.33. The lowest BCUT2D eigenvalue weighted by Crippen LogP contribution is -2.52. The minimum atomic E-state index is -4.29. The van der Waals surface area contributed by atoms with Gasteiger partial charge in [-0.2, -0.15) is 0 Å². The summed E-state index contributed by atoms with van der Waals surface area (Å²) in [6.07, 6.45) is 0. The summed E-state index contributed by atoms with van der Waals surface area (Å²) in [7, 11) is -4.29. The topological polar surface area (TPSA) is 96.0 Å². The van der Waals surface area contributed by atoms with Crippen molar-refractivity contribution in [3.05, 3.63) is 87.4 Å². The number of amides is 2. The average Bonchev–Trinajstić information content (AvgIpc) is 2.91. The molecule has 3 aromatic rings. The molecule has 0 saturated carbocycles. The number of para-hydroxylation sites is 2. The predicted octanol–water partition coefficient (Wildman–Crippen LogP) is 6.18. The molecule has 3 rings (SSSR count).